The predicted molar refractivity (Wildman–Crippen MR) is 96.4 cm³/mol. The van der Waals surface area contributed by atoms with E-state index in [-0.39, 0.29) is 11.8 Å². The summed E-state index contributed by atoms with van der Waals surface area (Å²) in [7, 11) is 0. The van der Waals surface area contributed by atoms with Gasteiger partial charge < -0.3 is 14.5 Å². The van der Waals surface area contributed by atoms with Gasteiger partial charge in [-0.05, 0) is 37.5 Å². The molecule has 2 amide bonds. The number of amides is 2. The predicted octanol–water partition coefficient (Wildman–Crippen LogP) is 2.49. The number of hydrogen-bond acceptors (Lipinski definition) is 3. The maximum atomic E-state index is 12.5. The Labute approximate surface area is 149 Å². The van der Waals surface area contributed by atoms with Gasteiger partial charge in [0, 0.05) is 32.1 Å². The van der Waals surface area contributed by atoms with Crippen molar-refractivity contribution in [1.82, 2.24) is 9.80 Å². The quantitative estimate of drug-likeness (QED) is 0.825. The van der Waals surface area contributed by atoms with E-state index in [1.54, 1.807) is 0 Å². The maximum Gasteiger partial charge on any atom is 0.227 e. The van der Waals surface area contributed by atoms with Crippen LogP contribution in [0.15, 0.2) is 24.3 Å². The van der Waals surface area contributed by atoms with E-state index in [9.17, 15) is 9.59 Å². The molecule has 5 nitrogen and oxygen atoms in total. The Bertz CT molecular complexity index is 585. The Balaban J connectivity index is 1.47. The van der Waals surface area contributed by atoms with Crippen LogP contribution in [0.25, 0.3) is 0 Å². The van der Waals surface area contributed by atoms with Crippen molar-refractivity contribution in [3.8, 4) is 5.75 Å². The molecular weight excluding hydrogens is 316 g/mol. The third-order valence-electron chi connectivity index (χ3n) is 5.24. The summed E-state index contributed by atoms with van der Waals surface area (Å²) in [5, 5.41) is 0. The first-order valence-corrected chi connectivity index (χ1v) is 9.45. The topological polar surface area (TPSA) is 49.9 Å². The Morgan fingerprint density at radius 1 is 1.00 bits per heavy atom. The standard InChI is InChI=1S/C20H28N2O3/c1-2-25-18-9-7-16(8-10-18)15-19(23)21-11-13-22(14-12-21)20(24)17-5-3-4-6-17/h7-10,17H,2-6,11-15H2,1H3. The van der Waals surface area contributed by atoms with Crippen molar-refractivity contribution in [2.24, 2.45) is 5.92 Å². The Morgan fingerprint density at radius 3 is 2.20 bits per heavy atom. The molecule has 1 aliphatic heterocycles. The molecule has 1 saturated carbocycles. The fourth-order valence-electron chi connectivity index (χ4n) is 3.76. The van der Waals surface area contributed by atoms with Gasteiger partial charge in [0.15, 0.2) is 0 Å². The van der Waals surface area contributed by atoms with Gasteiger partial charge in [0.05, 0.1) is 13.0 Å². The number of benzene rings is 1. The van der Waals surface area contributed by atoms with E-state index in [4.69, 9.17) is 4.74 Å². The van der Waals surface area contributed by atoms with Gasteiger partial charge in [-0.1, -0.05) is 25.0 Å². The van der Waals surface area contributed by atoms with Crippen LogP contribution in [0, 0.1) is 5.92 Å². The highest BCUT2D eigenvalue weighted by Gasteiger charge is 2.30. The lowest BCUT2D eigenvalue weighted by Gasteiger charge is -2.36. The van der Waals surface area contributed by atoms with Crippen molar-refractivity contribution in [3.05, 3.63) is 29.8 Å². The zero-order valence-electron chi connectivity index (χ0n) is 15.1. The SMILES string of the molecule is CCOc1ccc(CC(=O)N2CCN(C(=O)C3CCCC3)CC2)cc1. The van der Waals surface area contributed by atoms with Crippen LogP contribution in [0.1, 0.15) is 38.2 Å². The van der Waals surface area contributed by atoms with Crippen LogP contribution in [-0.2, 0) is 16.0 Å². The minimum atomic E-state index is 0.136. The van der Waals surface area contributed by atoms with Crippen LogP contribution in [0.3, 0.4) is 0 Å². The van der Waals surface area contributed by atoms with Gasteiger partial charge in [-0.2, -0.15) is 0 Å². The number of nitrogens with zero attached hydrogens (tertiary/aromatic N) is 2. The van der Waals surface area contributed by atoms with Crippen molar-refractivity contribution in [1.29, 1.82) is 0 Å². The van der Waals surface area contributed by atoms with Gasteiger partial charge in [-0.25, -0.2) is 0 Å². The monoisotopic (exact) mass is 344 g/mol. The molecule has 1 aromatic carbocycles. The van der Waals surface area contributed by atoms with E-state index in [0.717, 1.165) is 24.2 Å². The molecule has 0 bridgehead atoms. The van der Waals surface area contributed by atoms with Crippen LogP contribution in [0.5, 0.6) is 5.75 Å². The van der Waals surface area contributed by atoms with E-state index in [1.165, 1.54) is 12.8 Å². The summed E-state index contributed by atoms with van der Waals surface area (Å²) < 4.78 is 5.43. The Kier molecular flexibility index (Phi) is 5.95. The number of ether oxygens (including phenoxy) is 1. The summed E-state index contributed by atoms with van der Waals surface area (Å²) >= 11 is 0. The average molecular weight is 344 g/mol. The number of hydrogen-bond donors (Lipinski definition) is 0. The summed E-state index contributed by atoms with van der Waals surface area (Å²) in [6.45, 7) is 5.23. The second-order valence-corrected chi connectivity index (χ2v) is 6.94. The normalized spacial score (nSPS) is 18.4. The first kappa shape index (κ1) is 17.8. The van der Waals surface area contributed by atoms with Gasteiger partial charge in [-0.15, -0.1) is 0 Å². The summed E-state index contributed by atoms with van der Waals surface area (Å²) in [4.78, 5) is 28.8. The minimum absolute atomic E-state index is 0.136. The van der Waals surface area contributed by atoms with E-state index < -0.39 is 0 Å². The molecule has 136 valence electrons. The number of rotatable bonds is 5. The van der Waals surface area contributed by atoms with Crippen LogP contribution >= 0.6 is 0 Å². The highest BCUT2D eigenvalue weighted by molar-refractivity contribution is 5.81. The van der Waals surface area contributed by atoms with E-state index in [2.05, 4.69) is 0 Å². The Morgan fingerprint density at radius 2 is 1.60 bits per heavy atom. The molecule has 0 spiro atoms. The summed E-state index contributed by atoms with van der Waals surface area (Å²) in [6.07, 6.45) is 4.84. The average Bonchev–Trinajstić information content (AvgIpc) is 3.18. The lowest BCUT2D eigenvalue weighted by Crippen LogP contribution is -2.52. The van der Waals surface area contributed by atoms with Crippen molar-refractivity contribution in [3.63, 3.8) is 0 Å². The van der Waals surface area contributed by atoms with E-state index in [1.807, 2.05) is 41.0 Å². The molecule has 3 rings (SSSR count). The van der Waals surface area contributed by atoms with Crippen molar-refractivity contribution >= 4 is 11.8 Å². The van der Waals surface area contributed by atoms with Gasteiger partial charge in [0.2, 0.25) is 11.8 Å². The van der Waals surface area contributed by atoms with Crippen LogP contribution < -0.4 is 4.74 Å². The third kappa shape index (κ3) is 4.53. The summed E-state index contributed by atoms with van der Waals surface area (Å²) in [6, 6.07) is 7.71. The number of carbonyl (C=O) groups excluding carboxylic acids is 2. The van der Waals surface area contributed by atoms with Gasteiger partial charge in [0.1, 0.15) is 5.75 Å². The molecule has 0 atom stereocenters. The van der Waals surface area contributed by atoms with E-state index >= 15 is 0 Å². The molecule has 0 aromatic heterocycles. The number of carbonyl (C=O) groups is 2. The lowest BCUT2D eigenvalue weighted by molar-refractivity contribution is -0.141. The molecule has 1 aliphatic carbocycles. The first-order valence-electron chi connectivity index (χ1n) is 9.45. The number of piperazine rings is 1. The maximum absolute atomic E-state index is 12.5. The third-order valence-corrected chi connectivity index (χ3v) is 5.24. The molecule has 5 heteroatoms. The molecule has 2 aliphatic rings. The minimum Gasteiger partial charge on any atom is -0.494 e. The summed E-state index contributed by atoms with van der Waals surface area (Å²) in [5.74, 6) is 1.50. The fraction of sp³-hybridized carbons (Fsp3) is 0.600. The highest BCUT2D eigenvalue weighted by atomic mass is 16.5. The molecule has 1 saturated heterocycles. The molecule has 0 radical (unpaired) electrons. The molecule has 25 heavy (non-hydrogen) atoms. The fourth-order valence-corrected chi connectivity index (χ4v) is 3.76. The van der Waals surface area contributed by atoms with Crippen LogP contribution in [0.2, 0.25) is 0 Å². The summed E-state index contributed by atoms with van der Waals surface area (Å²) in [5.41, 5.74) is 0.998. The van der Waals surface area contributed by atoms with Crippen LogP contribution in [-0.4, -0.2) is 54.4 Å². The van der Waals surface area contributed by atoms with Gasteiger partial charge in [0.25, 0.3) is 0 Å². The van der Waals surface area contributed by atoms with Crippen LogP contribution in [0.4, 0.5) is 0 Å². The van der Waals surface area contributed by atoms with Gasteiger partial charge in [-0.3, -0.25) is 9.59 Å². The second-order valence-electron chi connectivity index (χ2n) is 6.94. The highest BCUT2D eigenvalue weighted by Crippen LogP contribution is 2.27. The van der Waals surface area contributed by atoms with E-state index in [0.29, 0.717) is 45.1 Å². The van der Waals surface area contributed by atoms with Gasteiger partial charge >= 0.3 is 0 Å². The molecule has 2 fully saturated rings. The molecule has 1 aromatic rings. The Hall–Kier alpha value is -2.04. The molecule has 0 unspecified atom stereocenters. The smallest absolute Gasteiger partial charge is 0.227 e. The van der Waals surface area contributed by atoms with Crippen molar-refractivity contribution in [2.75, 3.05) is 32.8 Å². The zero-order valence-corrected chi connectivity index (χ0v) is 15.1. The first-order chi connectivity index (χ1) is 12.2. The molecule has 1 heterocycles. The second kappa shape index (κ2) is 8.37. The lowest BCUT2D eigenvalue weighted by atomic mass is 10.1. The largest absolute Gasteiger partial charge is 0.494 e. The molecule has 0 N–H and O–H groups in total. The zero-order chi connectivity index (χ0) is 17.6. The van der Waals surface area contributed by atoms with Crippen molar-refractivity contribution < 1.29 is 14.3 Å². The molecular formula is C20H28N2O3. The van der Waals surface area contributed by atoms with Crippen molar-refractivity contribution in [2.45, 2.75) is 39.0 Å².